The van der Waals surface area contributed by atoms with Crippen molar-refractivity contribution in [1.82, 2.24) is 4.98 Å². The molecule has 3 rings (SSSR count). The summed E-state index contributed by atoms with van der Waals surface area (Å²) in [7, 11) is 0. The minimum atomic E-state index is 0.0194. The monoisotopic (exact) mass is 376 g/mol. The Labute approximate surface area is 144 Å². The molecule has 1 aliphatic rings. The molecule has 4 nitrogen and oxygen atoms in total. The third-order valence-electron chi connectivity index (χ3n) is 4.66. The molecule has 1 aliphatic carbocycles. The summed E-state index contributed by atoms with van der Waals surface area (Å²) >= 11 is 3.50. The Kier molecular flexibility index (Phi) is 4.97. The van der Waals surface area contributed by atoms with Crippen LogP contribution in [0.15, 0.2) is 28.9 Å². The molecule has 2 N–H and O–H groups in total. The number of aromatic nitrogens is 1. The average molecular weight is 377 g/mol. The molecule has 0 unspecified atom stereocenters. The van der Waals surface area contributed by atoms with Gasteiger partial charge >= 0.3 is 0 Å². The Morgan fingerprint density at radius 3 is 2.74 bits per heavy atom. The molecule has 1 aromatic carbocycles. The summed E-state index contributed by atoms with van der Waals surface area (Å²) in [6.07, 6.45) is 5.74. The number of halogens is 1. The molecule has 1 heterocycles. The van der Waals surface area contributed by atoms with Crippen LogP contribution in [0.4, 0.5) is 5.69 Å². The normalized spacial score (nSPS) is 21.3. The molecular weight excluding hydrogens is 356 g/mol. The first-order chi connectivity index (χ1) is 11.1. The van der Waals surface area contributed by atoms with Gasteiger partial charge in [-0.25, -0.2) is 0 Å². The number of fused-ring (bicyclic) bond motifs is 1. The molecule has 5 heteroatoms. The van der Waals surface area contributed by atoms with Crippen LogP contribution >= 0.6 is 15.9 Å². The van der Waals surface area contributed by atoms with Crippen LogP contribution in [0.5, 0.6) is 0 Å². The third-order valence-corrected chi connectivity index (χ3v) is 5.16. The molecule has 1 fully saturated rings. The van der Waals surface area contributed by atoms with E-state index in [1.165, 1.54) is 0 Å². The maximum absolute atomic E-state index is 12.0. The smallest absolute Gasteiger partial charge is 0.163 e. The van der Waals surface area contributed by atoms with Gasteiger partial charge in [0.2, 0.25) is 0 Å². The SMILES string of the molecule is CC(=O)c1cnc2ccc(Br)cc2c1NC1CCC(CO)CC1. The molecule has 0 amide bonds. The van der Waals surface area contributed by atoms with E-state index in [0.29, 0.717) is 17.5 Å². The zero-order valence-electron chi connectivity index (χ0n) is 13.2. The second-order valence-electron chi connectivity index (χ2n) is 6.31. The summed E-state index contributed by atoms with van der Waals surface area (Å²) in [6, 6.07) is 6.26. The number of pyridine rings is 1. The van der Waals surface area contributed by atoms with Gasteiger partial charge in [-0.15, -0.1) is 0 Å². The van der Waals surface area contributed by atoms with Crippen molar-refractivity contribution in [2.24, 2.45) is 5.92 Å². The fraction of sp³-hybridized carbons (Fsp3) is 0.444. The lowest BCUT2D eigenvalue weighted by Gasteiger charge is -2.29. The zero-order chi connectivity index (χ0) is 16.4. The van der Waals surface area contributed by atoms with E-state index >= 15 is 0 Å². The van der Waals surface area contributed by atoms with Crippen molar-refractivity contribution < 1.29 is 9.90 Å². The molecule has 23 heavy (non-hydrogen) atoms. The standard InChI is InChI=1S/C18H21BrN2O2/c1-11(23)16-9-20-17-7-4-13(19)8-15(17)18(16)21-14-5-2-12(10-22)3-6-14/h4,7-9,12,14,22H,2-3,5-6,10H2,1H3,(H,20,21). The van der Waals surface area contributed by atoms with Crippen molar-refractivity contribution in [1.29, 1.82) is 0 Å². The van der Waals surface area contributed by atoms with Crippen molar-refractivity contribution in [2.45, 2.75) is 38.6 Å². The number of ketones is 1. The Morgan fingerprint density at radius 2 is 2.09 bits per heavy atom. The van der Waals surface area contributed by atoms with Crippen molar-refractivity contribution >= 4 is 38.3 Å². The Balaban J connectivity index is 1.95. The summed E-state index contributed by atoms with van der Waals surface area (Å²) in [6.45, 7) is 1.85. The second kappa shape index (κ2) is 6.97. The van der Waals surface area contributed by atoms with Crippen molar-refractivity contribution in [2.75, 3.05) is 11.9 Å². The number of Topliss-reactive ketones (excluding diaryl/α,β-unsaturated/α-hetero) is 1. The van der Waals surface area contributed by atoms with E-state index in [4.69, 9.17) is 0 Å². The van der Waals surface area contributed by atoms with E-state index in [-0.39, 0.29) is 12.4 Å². The molecular formula is C18H21BrN2O2. The first-order valence-electron chi connectivity index (χ1n) is 8.05. The van der Waals surface area contributed by atoms with Crippen LogP contribution < -0.4 is 5.32 Å². The van der Waals surface area contributed by atoms with Crippen molar-refractivity contribution in [3.8, 4) is 0 Å². The molecule has 0 atom stereocenters. The average Bonchev–Trinajstić information content (AvgIpc) is 2.55. The highest BCUT2D eigenvalue weighted by Gasteiger charge is 2.22. The third kappa shape index (κ3) is 3.56. The molecule has 1 saturated carbocycles. The van der Waals surface area contributed by atoms with E-state index in [1.807, 2.05) is 18.2 Å². The van der Waals surface area contributed by atoms with Gasteiger partial charge in [0.05, 0.1) is 16.8 Å². The van der Waals surface area contributed by atoms with E-state index < -0.39 is 0 Å². The largest absolute Gasteiger partial charge is 0.396 e. The highest BCUT2D eigenvalue weighted by atomic mass is 79.9. The summed E-state index contributed by atoms with van der Waals surface area (Å²) in [5, 5.41) is 13.8. The lowest BCUT2D eigenvalue weighted by Crippen LogP contribution is -2.28. The fourth-order valence-corrected chi connectivity index (χ4v) is 3.64. The van der Waals surface area contributed by atoms with Gasteiger partial charge in [0.1, 0.15) is 0 Å². The zero-order valence-corrected chi connectivity index (χ0v) is 14.8. The minimum Gasteiger partial charge on any atom is -0.396 e. The Hall–Kier alpha value is -1.46. The number of nitrogens with zero attached hydrogens (tertiary/aromatic N) is 1. The first kappa shape index (κ1) is 16.4. The molecule has 0 aliphatic heterocycles. The topological polar surface area (TPSA) is 62.2 Å². The summed E-state index contributed by atoms with van der Waals surface area (Å²) in [5.41, 5.74) is 2.40. The van der Waals surface area contributed by atoms with Crippen LogP contribution in [0.2, 0.25) is 0 Å². The highest BCUT2D eigenvalue weighted by Crippen LogP contribution is 2.32. The molecule has 2 aromatic rings. The lowest BCUT2D eigenvalue weighted by molar-refractivity contribution is 0.101. The van der Waals surface area contributed by atoms with Gasteiger partial charge in [-0.3, -0.25) is 9.78 Å². The number of anilines is 1. The van der Waals surface area contributed by atoms with Crippen LogP contribution in [-0.4, -0.2) is 28.5 Å². The number of hydrogen-bond acceptors (Lipinski definition) is 4. The number of nitrogens with one attached hydrogen (secondary N) is 1. The molecule has 0 spiro atoms. The number of hydrogen-bond donors (Lipinski definition) is 2. The molecule has 1 aromatic heterocycles. The summed E-state index contributed by atoms with van der Waals surface area (Å²) in [4.78, 5) is 16.4. The van der Waals surface area contributed by atoms with Crippen molar-refractivity contribution in [3.05, 3.63) is 34.4 Å². The van der Waals surface area contributed by atoms with Crippen LogP contribution in [0, 0.1) is 5.92 Å². The molecule has 0 saturated heterocycles. The van der Waals surface area contributed by atoms with Crippen LogP contribution in [0.1, 0.15) is 43.0 Å². The van der Waals surface area contributed by atoms with Gasteiger partial charge in [0.25, 0.3) is 0 Å². The summed E-state index contributed by atoms with van der Waals surface area (Å²) < 4.78 is 0.972. The molecule has 122 valence electrons. The predicted molar refractivity (Wildman–Crippen MR) is 95.9 cm³/mol. The van der Waals surface area contributed by atoms with Crippen LogP contribution in [0.3, 0.4) is 0 Å². The number of carbonyl (C=O) groups excluding carboxylic acids is 1. The minimum absolute atomic E-state index is 0.0194. The quantitative estimate of drug-likeness (QED) is 0.786. The molecule has 0 bridgehead atoms. The van der Waals surface area contributed by atoms with Crippen molar-refractivity contribution in [3.63, 3.8) is 0 Å². The van der Waals surface area contributed by atoms with Gasteiger partial charge in [0, 0.05) is 28.7 Å². The maximum atomic E-state index is 12.0. The van der Waals surface area contributed by atoms with Gasteiger partial charge in [0.15, 0.2) is 5.78 Å². The van der Waals surface area contributed by atoms with Gasteiger partial charge in [-0.2, -0.15) is 0 Å². The van der Waals surface area contributed by atoms with Gasteiger partial charge in [-0.05, 0) is 56.7 Å². The van der Waals surface area contributed by atoms with Gasteiger partial charge in [-0.1, -0.05) is 15.9 Å². The second-order valence-corrected chi connectivity index (χ2v) is 7.22. The predicted octanol–water partition coefficient (Wildman–Crippen LogP) is 4.16. The van der Waals surface area contributed by atoms with E-state index in [2.05, 4.69) is 26.2 Å². The number of benzene rings is 1. The van der Waals surface area contributed by atoms with E-state index in [9.17, 15) is 9.90 Å². The Morgan fingerprint density at radius 1 is 1.35 bits per heavy atom. The molecule has 0 radical (unpaired) electrons. The number of aliphatic hydroxyl groups excluding tert-OH is 1. The Bertz CT molecular complexity index is 724. The van der Waals surface area contributed by atoms with Crippen LogP contribution in [-0.2, 0) is 0 Å². The number of rotatable bonds is 4. The highest BCUT2D eigenvalue weighted by molar-refractivity contribution is 9.10. The van der Waals surface area contributed by atoms with Gasteiger partial charge < -0.3 is 10.4 Å². The lowest BCUT2D eigenvalue weighted by atomic mass is 9.86. The van der Waals surface area contributed by atoms with E-state index in [0.717, 1.165) is 46.7 Å². The summed E-state index contributed by atoms with van der Waals surface area (Å²) in [5.74, 6) is 0.439. The van der Waals surface area contributed by atoms with E-state index in [1.54, 1.807) is 13.1 Å². The fourth-order valence-electron chi connectivity index (χ4n) is 3.28. The van der Waals surface area contributed by atoms with Crippen LogP contribution in [0.25, 0.3) is 10.9 Å². The first-order valence-corrected chi connectivity index (χ1v) is 8.84. The maximum Gasteiger partial charge on any atom is 0.163 e. The number of aliphatic hydroxyl groups is 1. The number of carbonyl (C=O) groups is 1.